The van der Waals surface area contributed by atoms with Crippen molar-refractivity contribution in [1.29, 1.82) is 0 Å². The number of aromatic nitrogens is 1. The number of piperidine rings is 1. The molecule has 0 aliphatic carbocycles. The fraction of sp³-hybridized carbons (Fsp3) is 0.583. The highest BCUT2D eigenvalue weighted by Gasteiger charge is 2.45. The summed E-state index contributed by atoms with van der Waals surface area (Å²) in [7, 11) is 3.27. The molecule has 0 unspecified atom stereocenters. The van der Waals surface area contributed by atoms with Crippen LogP contribution >= 0.6 is 0 Å². The zero-order valence-electron chi connectivity index (χ0n) is 10.5. The second kappa shape index (κ2) is 4.68. The number of rotatable bonds is 2. The highest BCUT2D eigenvalue weighted by molar-refractivity contribution is 5.39. The van der Waals surface area contributed by atoms with Crippen molar-refractivity contribution in [3.05, 3.63) is 28.7 Å². The van der Waals surface area contributed by atoms with Crippen LogP contribution in [-0.2, 0) is 0 Å². The molecule has 6 heteroatoms. The molecule has 1 aliphatic heterocycles. The topological polar surface area (TPSA) is 37.3 Å². The Hall–Kier alpha value is -1.43. The largest absolute Gasteiger partial charge is 0.384 e. The lowest BCUT2D eigenvalue weighted by Crippen LogP contribution is -2.49. The molecule has 1 atom stereocenters. The van der Waals surface area contributed by atoms with Gasteiger partial charge in [-0.25, -0.2) is 8.78 Å². The maximum atomic E-state index is 14.0. The van der Waals surface area contributed by atoms with Crippen molar-refractivity contribution >= 4 is 5.69 Å². The molecule has 4 nitrogen and oxygen atoms in total. The van der Waals surface area contributed by atoms with E-state index in [-0.39, 0.29) is 13.0 Å². The van der Waals surface area contributed by atoms with E-state index in [1.165, 1.54) is 6.20 Å². The van der Waals surface area contributed by atoms with E-state index in [0.29, 0.717) is 12.2 Å². The second-order valence-electron chi connectivity index (χ2n) is 4.69. The van der Waals surface area contributed by atoms with Crippen molar-refractivity contribution in [2.24, 2.45) is 0 Å². The van der Waals surface area contributed by atoms with Gasteiger partial charge in [0.2, 0.25) is 0 Å². The number of anilines is 1. The van der Waals surface area contributed by atoms with E-state index < -0.39 is 17.5 Å². The number of hydrogen-bond acceptors (Lipinski definition) is 3. The number of nitrogens with zero attached hydrogens (tertiary/aromatic N) is 2. The molecule has 1 N–H and O–H groups in total. The zero-order chi connectivity index (χ0) is 13.3. The number of hydrogen-bond donors (Lipinski definition) is 1. The summed E-state index contributed by atoms with van der Waals surface area (Å²) in [4.78, 5) is 13.6. The standard InChI is InChI=1S/C12H17F2N3O/c1-15-9-4-3-6-17(11(9)18)10-5-7-16(2)8-12(10,13)14/h3-4,6,10,15H,5,7-8H2,1-2H3/t10-/m0/s1. The van der Waals surface area contributed by atoms with Crippen molar-refractivity contribution < 1.29 is 8.78 Å². The van der Waals surface area contributed by atoms with Crippen molar-refractivity contribution in [3.63, 3.8) is 0 Å². The van der Waals surface area contributed by atoms with E-state index in [1.54, 1.807) is 31.1 Å². The fourth-order valence-corrected chi connectivity index (χ4v) is 2.39. The van der Waals surface area contributed by atoms with Gasteiger partial charge in [0, 0.05) is 19.8 Å². The van der Waals surface area contributed by atoms with Gasteiger partial charge >= 0.3 is 0 Å². The van der Waals surface area contributed by atoms with Crippen molar-refractivity contribution in [3.8, 4) is 0 Å². The molecule has 1 fully saturated rings. The van der Waals surface area contributed by atoms with Crippen molar-refractivity contribution in [2.75, 3.05) is 32.5 Å². The SMILES string of the molecule is CNc1cccn([C@H]2CCN(C)CC2(F)F)c1=O. The highest BCUT2D eigenvalue weighted by Crippen LogP contribution is 2.35. The average molecular weight is 257 g/mol. The first kappa shape index (κ1) is 13.0. The first-order chi connectivity index (χ1) is 8.45. The summed E-state index contributed by atoms with van der Waals surface area (Å²) in [5.41, 5.74) is -0.0542. The lowest BCUT2D eigenvalue weighted by Gasteiger charge is -2.37. The van der Waals surface area contributed by atoms with Crippen LogP contribution in [0.25, 0.3) is 0 Å². The van der Waals surface area contributed by atoms with E-state index in [1.807, 2.05) is 0 Å². The fourth-order valence-electron chi connectivity index (χ4n) is 2.39. The molecule has 1 aromatic heterocycles. The van der Waals surface area contributed by atoms with Crippen LogP contribution in [0.3, 0.4) is 0 Å². The summed E-state index contributed by atoms with van der Waals surface area (Å²) < 4.78 is 29.1. The van der Waals surface area contributed by atoms with Crippen LogP contribution in [-0.4, -0.2) is 42.6 Å². The first-order valence-electron chi connectivity index (χ1n) is 5.91. The predicted octanol–water partition coefficient (Wildman–Crippen LogP) is 1.40. The van der Waals surface area contributed by atoms with E-state index >= 15 is 0 Å². The van der Waals surface area contributed by atoms with Crippen molar-refractivity contribution in [2.45, 2.75) is 18.4 Å². The predicted molar refractivity (Wildman–Crippen MR) is 66.3 cm³/mol. The van der Waals surface area contributed by atoms with Crippen LogP contribution in [0.15, 0.2) is 23.1 Å². The van der Waals surface area contributed by atoms with Gasteiger partial charge in [-0.15, -0.1) is 0 Å². The van der Waals surface area contributed by atoms with E-state index in [0.717, 1.165) is 4.57 Å². The molecule has 1 saturated heterocycles. The summed E-state index contributed by atoms with van der Waals surface area (Å²) in [5, 5.41) is 2.72. The van der Waals surface area contributed by atoms with Gasteiger partial charge in [-0.05, 0) is 25.6 Å². The monoisotopic (exact) mass is 257 g/mol. The normalized spacial score (nSPS) is 23.9. The zero-order valence-corrected chi connectivity index (χ0v) is 10.5. The molecule has 18 heavy (non-hydrogen) atoms. The minimum atomic E-state index is -2.89. The molecule has 0 aromatic carbocycles. The molecule has 1 aliphatic rings. The quantitative estimate of drug-likeness (QED) is 0.870. The van der Waals surface area contributed by atoms with Gasteiger partial charge in [-0.2, -0.15) is 0 Å². The van der Waals surface area contributed by atoms with Gasteiger partial charge in [-0.1, -0.05) is 0 Å². The van der Waals surface area contributed by atoms with Crippen LogP contribution in [0.2, 0.25) is 0 Å². The molecule has 0 amide bonds. The Balaban J connectivity index is 2.40. The lowest BCUT2D eigenvalue weighted by atomic mass is 10.0. The van der Waals surface area contributed by atoms with Crippen LogP contribution < -0.4 is 10.9 Å². The van der Waals surface area contributed by atoms with Crippen LogP contribution in [0.5, 0.6) is 0 Å². The molecule has 2 rings (SSSR count). The first-order valence-corrected chi connectivity index (χ1v) is 5.91. The van der Waals surface area contributed by atoms with Crippen LogP contribution in [0, 0.1) is 0 Å². The van der Waals surface area contributed by atoms with Crippen LogP contribution in [0.1, 0.15) is 12.5 Å². The van der Waals surface area contributed by atoms with Gasteiger partial charge in [0.25, 0.3) is 11.5 Å². The van der Waals surface area contributed by atoms with E-state index in [4.69, 9.17) is 0 Å². The molecule has 0 bridgehead atoms. The number of likely N-dealkylation sites (tertiary alicyclic amines) is 1. The smallest absolute Gasteiger partial charge is 0.280 e. The van der Waals surface area contributed by atoms with Gasteiger partial charge in [-0.3, -0.25) is 4.79 Å². The van der Waals surface area contributed by atoms with Gasteiger partial charge < -0.3 is 14.8 Å². The minimum absolute atomic E-state index is 0.274. The molecule has 2 heterocycles. The Morgan fingerprint density at radius 2 is 2.22 bits per heavy atom. The van der Waals surface area contributed by atoms with Gasteiger partial charge in [0.15, 0.2) is 0 Å². The lowest BCUT2D eigenvalue weighted by molar-refractivity contribution is -0.0988. The molecule has 100 valence electrons. The third-order valence-electron chi connectivity index (χ3n) is 3.33. The summed E-state index contributed by atoms with van der Waals surface area (Å²) in [6.07, 6.45) is 1.71. The number of pyridine rings is 1. The summed E-state index contributed by atoms with van der Waals surface area (Å²) in [6, 6.07) is 2.14. The minimum Gasteiger partial charge on any atom is -0.384 e. The Labute approximate surface area is 104 Å². The maximum Gasteiger partial charge on any atom is 0.280 e. The summed E-state index contributed by atoms with van der Waals surface area (Å²) in [6.45, 7) is 0.254. The Morgan fingerprint density at radius 1 is 1.50 bits per heavy atom. The second-order valence-corrected chi connectivity index (χ2v) is 4.69. The third-order valence-corrected chi connectivity index (χ3v) is 3.33. The van der Waals surface area contributed by atoms with E-state index in [9.17, 15) is 13.6 Å². The number of nitrogens with one attached hydrogen (secondary N) is 1. The Kier molecular flexibility index (Phi) is 3.38. The highest BCUT2D eigenvalue weighted by atomic mass is 19.3. The van der Waals surface area contributed by atoms with Crippen LogP contribution in [0.4, 0.5) is 14.5 Å². The molecular weight excluding hydrogens is 240 g/mol. The third kappa shape index (κ3) is 2.25. The summed E-state index contributed by atoms with van der Waals surface area (Å²) in [5.74, 6) is -2.89. The molecule has 1 aromatic rings. The molecule has 0 radical (unpaired) electrons. The molecule has 0 spiro atoms. The molecule has 0 saturated carbocycles. The number of halogens is 2. The van der Waals surface area contributed by atoms with E-state index in [2.05, 4.69) is 5.32 Å². The average Bonchev–Trinajstić information content (AvgIpc) is 2.29. The van der Waals surface area contributed by atoms with Gasteiger partial charge in [0.05, 0.1) is 6.54 Å². The summed E-state index contributed by atoms with van der Waals surface area (Å²) >= 11 is 0. The van der Waals surface area contributed by atoms with Crippen molar-refractivity contribution in [1.82, 2.24) is 9.47 Å². The molecular formula is C12H17F2N3O. The Morgan fingerprint density at radius 3 is 2.83 bits per heavy atom. The van der Waals surface area contributed by atoms with Gasteiger partial charge in [0.1, 0.15) is 11.7 Å². The maximum absolute atomic E-state index is 14.0. The number of alkyl halides is 2. The Bertz CT molecular complexity index is 486.